The fourth-order valence-corrected chi connectivity index (χ4v) is 3.86. The van der Waals surface area contributed by atoms with Crippen LogP contribution in [0.4, 0.5) is 11.5 Å². The van der Waals surface area contributed by atoms with Crippen LogP contribution in [0.5, 0.6) is 0 Å². The molecule has 9 heteroatoms. The number of carbonyl (C=O) groups is 1. The third kappa shape index (κ3) is 4.25. The molecule has 1 saturated heterocycles. The molecule has 1 fully saturated rings. The number of sulfonamides is 1. The summed E-state index contributed by atoms with van der Waals surface area (Å²) in [4.78, 5) is 19.6. The van der Waals surface area contributed by atoms with E-state index in [1.165, 1.54) is 24.3 Å². The van der Waals surface area contributed by atoms with Crippen molar-refractivity contribution in [3.8, 4) is 0 Å². The minimum absolute atomic E-state index is 0.0785. The second-order valence-corrected chi connectivity index (χ2v) is 8.07. The Labute approximate surface area is 157 Å². The van der Waals surface area contributed by atoms with E-state index in [4.69, 9.17) is 11.6 Å². The van der Waals surface area contributed by atoms with Crippen molar-refractivity contribution in [3.63, 3.8) is 0 Å². The molecule has 1 amide bonds. The van der Waals surface area contributed by atoms with Crippen LogP contribution in [-0.4, -0.2) is 50.4 Å². The van der Waals surface area contributed by atoms with E-state index in [0.29, 0.717) is 18.1 Å². The third-order valence-corrected chi connectivity index (χ3v) is 5.82. The van der Waals surface area contributed by atoms with Crippen LogP contribution in [0.3, 0.4) is 0 Å². The van der Waals surface area contributed by atoms with Gasteiger partial charge in [-0.25, -0.2) is 13.4 Å². The average molecular weight is 395 g/mol. The fourth-order valence-electron chi connectivity index (χ4n) is 2.72. The first-order chi connectivity index (χ1) is 12.3. The number of aromatic nitrogens is 1. The molecule has 2 aromatic rings. The van der Waals surface area contributed by atoms with Crippen molar-refractivity contribution in [1.29, 1.82) is 0 Å². The lowest BCUT2D eigenvalue weighted by atomic mass is 10.2. The third-order valence-electron chi connectivity index (χ3n) is 4.20. The number of rotatable bonds is 4. The molecule has 1 aliphatic heterocycles. The van der Waals surface area contributed by atoms with E-state index in [1.54, 1.807) is 24.1 Å². The smallest absolute Gasteiger partial charge is 0.263 e. The largest absolute Gasteiger partial charge is 0.367 e. The Balaban J connectivity index is 1.66. The fraction of sp³-hybridized carbons (Fsp3) is 0.294. The quantitative estimate of drug-likeness (QED) is 0.859. The van der Waals surface area contributed by atoms with Crippen molar-refractivity contribution >= 4 is 39.0 Å². The Morgan fingerprint density at radius 3 is 2.27 bits per heavy atom. The van der Waals surface area contributed by atoms with E-state index in [-0.39, 0.29) is 16.6 Å². The highest BCUT2D eigenvalue weighted by atomic mass is 35.5. The molecule has 138 valence electrons. The van der Waals surface area contributed by atoms with Crippen molar-refractivity contribution < 1.29 is 13.2 Å². The minimum Gasteiger partial charge on any atom is -0.367 e. The number of nitrogens with one attached hydrogen (secondary N) is 1. The standard InChI is InChI=1S/C17H19ClN4O3S/c1-13(23)21-8-10-22(11-9-21)15-4-7-17(19-12-15)20-26(24,25)16-5-2-14(18)3-6-16/h2-7,12H,8-11H2,1H3,(H,19,20). The lowest BCUT2D eigenvalue weighted by molar-refractivity contribution is -0.129. The first-order valence-corrected chi connectivity index (χ1v) is 9.96. The number of amides is 1. The number of carbonyl (C=O) groups excluding carboxylic acids is 1. The molecule has 1 aromatic carbocycles. The van der Waals surface area contributed by atoms with Crippen LogP contribution in [0.1, 0.15) is 6.92 Å². The van der Waals surface area contributed by atoms with Gasteiger partial charge in [0.25, 0.3) is 10.0 Å². The maximum atomic E-state index is 12.4. The minimum atomic E-state index is -3.71. The molecule has 0 spiro atoms. The molecule has 26 heavy (non-hydrogen) atoms. The molecule has 0 atom stereocenters. The van der Waals surface area contributed by atoms with Crippen molar-refractivity contribution in [2.24, 2.45) is 0 Å². The normalized spacial score (nSPS) is 15.0. The Morgan fingerprint density at radius 1 is 1.08 bits per heavy atom. The SMILES string of the molecule is CC(=O)N1CCN(c2ccc(NS(=O)(=O)c3ccc(Cl)cc3)nc2)CC1. The van der Waals surface area contributed by atoms with Crippen LogP contribution in [0.15, 0.2) is 47.5 Å². The molecule has 0 unspecified atom stereocenters. The predicted octanol–water partition coefficient (Wildman–Crippen LogP) is 2.20. The molecule has 1 aliphatic rings. The van der Waals surface area contributed by atoms with Crippen LogP contribution >= 0.6 is 11.6 Å². The topological polar surface area (TPSA) is 82.6 Å². The Bertz CT molecular complexity index is 877. The number of hydrogen-bond donors (Lipinski definition) is 1. The number of halogens is 1. The van der Waals surface area contributed by atoms with Gasteiger partial charge < -0.3 is 9.80 Å². The van der Waals surface area contributed by atoms with Crippen LogP contribution in [0.2, 0.25) is 5.02 Å². The van der Waals surface area contributed by atoms with Gasteiger partial charge in [0.15, 0.2) is 0 Å². The van der Waals surface area contributed by atoms with Crippen molar-refractivity contribution in [3.05, 3.63) is 47.6 Å². The number of anilines is 2. The highest BCUT2D eigenvalue weighted by molar-refractivity contribution is 7.92. The zero-order valence-corrected chi connectivity index (χ0v) is 15.8. The summed E-state index contributed by atoms with van der Waals surface area (Å²) in [7, 11) is -3.71. The zero-order chi connectivity index (χ0) is 18.7. The Hall–Kier alpha value is -2.32. The summed E-state index contributed by atoms with van der Waals surface area (Å²) >= 11 is 5.79. The molecule has 0 radical (unpaired) electrons. The summed E-state index contributed by atoms with van der Waals surface area (Å²) < 4.78 is 27.2. The van der Waals surface area contributed by atoms with Gasteiger partial charge in [-0.15, -0.1) is 0 Å². The molecule has 2 heterocycles. The Morgan fingerprint density at radius 2 is 1.73 bits per heavy atom. The summed E-state index contributed by atoms with van der Waals surface area (Å²) in [5.74, 6) is 0.320. The van der Waals surface area contributed by atoms with Gasteiger partial charge in [0.1, 0.15) is 5.82 Å². The predicted molar refractivity (Wildman–Crippen MR) is 101 cm³/mol. The van der Waals surface area contributed by atoms with Gasteiger partial charge in [-0.05, 0) is 36.4 Å². The Kier molecular flexibility index (Phi) is 5.33. The van der Waals surface area contributed by atoms with Gasteiger partial charge in [-0.1, -0.05) is 11.6 Å². The van der Waals surface area contributed by atoms with Crippen molar-refractivity contribution in [2.45, 2.75) is 11.8 Å². The van der Waals surface area contributed by atoms with E-state index in [0.717, 1.165) is 18.8 Å². The molecule has 1 aromatic heterocycles. The summed E-state index contributed by atoms with van der Waals surface area (Å²) in [6.45, 7) is 4.34. The second kappa shape index (κ2) is 7.51. The van der Waals surface area contributed by atoms with Crippen LogP contribution in [0.25, 0.3) is 0 Å². The van der Waals surface area contributed by atoms with Crippen molar-refractivity contribution in [1.82, 2.24) is 9.88 Å². The molecule has 0 bridgehead atoms. The van der Waals surface area contributed by atoms with Crippen LogP contribution in [0, 0.1) is 0 Å². The van der Waals surface area contributed by atoms with E-state index >= 15 is 0 Å². The number of piperazine rings is 1. The van der Waals surface area contributed by atoms with Gasteiger partial charge in [-0.3, -0.25) is 9.52 Å². The average Bonchev–Trinajstić information content (AvgIpc) is 2.62. The zero-order valence-electron chi connectivity index (χ0n) is 14.2. The molecule has 7 nitrogen and oxygen atoms in total. The summed E-state index contributed by atoms with van der Waals surface area (Å²) in [6, 6.07) is 9.36. The summed E-state index contributed by atoms with van der Waals surface area (Å²) in [5.41, 5.74) is 0.891. The highest BCUT2D eigenvalue weighted by Gasteiger charge is 2.19. The molecular formula is C17H19ClN4O3S. The van der Waals surface area contributed by atoms with E-state index < -0.39 is 10.0 Å². The first-order valence-electron chi connectivity index (χ1n) is 8.10. The van der Waals surface area contributed by atoms with Crippen LogP contribution < -0.4 is 9.62 Å². The van der Waals surface area contributed by atoms with E-state index in [1.807, 2.05) is 6.07 Å². The maximum absolute atomic E-state index is 12.4. The van der Waals surface area contributed by atoms with Gasteiger partial charge in [0.05, 0.1) is 16.8 Å². The summed E-state index contributed by atoms with van der Waals surface area (Å²) in [5, 5.41) is 0.469. The van der Waals surface area contributed by atoms with E-state index in [9.17, 15) is 13.2 Å². The van der Waals surface area contributed by atoms with E-state index in [2.05, 4.69) is 14.6 Å². The number of pyridine rings is 1. The lowest BCUT2D eigenvalue weighted by Crippen LogP contribution is -2.48. The van der Waals surface area contributed by atoms with Crippen molar-refractivity contribution in [2.75, 3.05) is 35.8 Å². The summed E-state index contributed by atoms with van der Waals surface area (Å²) in [6.07, 6.45) is 1.63. The van der Waals surface area contributed by atoms with Gasteiger partial charge in [0, 0.05) is 38.1 Å². The van der Waals surface area contributed by atoms with Gasteiger partial charge in [-0.2, -0.15) is 0 Å². The first kappa shape index (κ1) is 18.5. The molecule has 3 rings (SSSR count). The van der Waals surface area contributed by atoms with Crippen LogP contribution in [-0.2, 0) is 14.8 Å². The maximum Gasteiger partial charge on any atom is 0.263 e. The highest BCUT2D eigenvalue weighted by Crippen LogP contribution is 2.20. The lowest BCUT2D eigenvalue weighted by Gasteiger charge is -2.35. The van der Waals surface area contributed by atoms with Gasteiger partial charge >= 0.3 is 0 Å². The number of hydrogen-bond acceptors (Lipinski definition) is 5. The molecule has 1 N–H and O–H groups in total. The molecule has 0 aliphatic carbocycles. The second-order valence-electron chi connectivity index (χ2n) is 5.95. The molecule has 0 saturated carbocycles. The van der Waals surface area contributed by atoms with Gasteiger partial charge in [0.2, 0.25) is 5.91 Å². The molecular weight excluding hydrogens is 376 g/mol. The number of benzene rings is 1. The number of nitrogens with zero attached hydrogens (tertiary/aromatic N) is 3. The monoisotopic (exact) mass is 394 g/mol.